The van der Waals surface area contributed by atoms with Crippen LogP contribution >= 0.6 is 11.3 Å². The van der Waals surface area contributed by atoms with Crippen LogP contribution in [0, 0.1) is 11.3 Å². The lowest BCUT2D eigenvalue weighted by Crippen LogP contribution is -2.02. The van der Waals surface area contributed by atoms with Crippen LogP contribution in [0.4, 0.5) is 0 Å². The van der Waals surface area contributed by atoms with E-state index in [0.717, 1.165) is 16.3 Å². The number of thiazole rings is 1. The Labute approximate surface area is 126 Å². The number of esters is 1. The van der Waals surface area contributed by atoms with E-state index in [4.69, 9.17) is 10.00 Å². The van der Waals surface area contributed by atoms with Gasteiger partial charge in [0.05, 0.1) is 19.9 Å². The van der Waals surface area contributed by atoms with E-state index in [1.54, 1.807) is 18.6 Å². The third-order valence-electron chi connectivity index (χ3n) is 2.66. The lowest BCUT2D eigenvalue weighted by Gasteiger charge is -2.01. The number of rotatable bonds is 4. The molecule has 0 unspecified atom stereocenters. The van der Waals surface area contributed by atoms with Crippen molar-refractivity contribution < 1.29 is 14.3 Å². The van der Waals surface area contributed by atoms with Gasteiger partial charge in [-0.1, -0.05) is 12.1 Å². The maximum atomic E-state index is 11.4. The van der Waals surface area contributed by atoms with Crippen LogP contribution in [-0.2, 0) is 9.53 Å². The molecule has 0 aliphatic heterocycles. The van der Waals surface area contributed by atoms with E-state index in [2.05, 4.69) is 9.72 Å². The molecule has 21 heavy (non-hydrogen) atoms. The van der Waals surface area contributed by atoms with Gasteiger partial charge in [0.25, 0.3) is 0 Å². The van der Waals surface area contributed by atoms with Gasteiger partial charge in [0.1, 0.15) is 22.4 Å². The predicted molar refractivity (Wildman–Crippen MR) is 79.7 cm³/mol. The fraction of sp³-hybridized carbons (Fsp3) is 0.133. The molecule has 0 saturated carbocycles. The van der Waals surface area contributed by atoms with Crippen LogP contribution in [0.25, 0.3) is 16.6 Å². The first-order chi connectivity index (χ1) is 10.2. The third kappa shape index (κ3) is 3.46. The van der Waals surface area contributed by atoms with E-state index in [1.165, 1.54) is 24.5 Å². The Kier molecular flexibility index (Phi) is 4.69. The maximum Gasteiger partial charge on any atom is 0.348 e. The second-order valence-corrected chi connectivity index (χ2v) is 4.83. The minimum absolute atomic E-state index is 0.0833. The van der Waals surface area contributed by atoms with Gasteiger partial charge in [-0.05, 0) is 18.2 Å². The molecule has 2 rings (SSSR count). The molecule has 0 saturated heterocycles. The molecule has 0 atom stereocenters. The summed E-state index contributed by atoms with van der Waals surface area (Å²) < 4.78 is 9.70. The van der Waals surface area contributed by atoms with Gasteiger partial charge in [-0.3, -0.25) is 0 Å². The molecule has 0 N–H and O–H groups in total. The maximum absolute atomic E-state index is 11.4. The number of aromatic nitrogens is 1. The summed E-state index contributed by atoms with van der Waals surface area (Å²) in [6.45, 7) is 0. The van der Waals surface area contributed by atoms with Crippen molar-refractivity contribution in [1.29, 1.82) is 5.26 Å². The molecule has 2 aromatic rings. The molecule has 0 amide bonds. The van der Waals surface area contributed by atoms with Gasteiger partial charge in [0, 0.05) is 10.9 Å². The Bertz CT molecular complexity index is 729. The molecule has 1 heterocycles. The fourth-order valence-corrected chi connectivity index (χ4v) is 2.41. The van der Waals surface area contributed by atoms with Crippen molar-refractivity contribution in [2.75, 3.05) is 14.2 Å². The summed E-state index contributed by atoms with van der Waals surface area (Å²) in [5.74, 6) is 0.0699. The van der Waals surface area contributed by atoms with Gasteiger partial charge in [0.2, 0.25) is 0 Å². The van der Waals surface area contributed by atoms with E-state index in [1.807, 2.05) is 24.3 Å². The quantitative estimate of drug-likeness (QED) is 0.493. The van der Waals surface area contributed by atoms with Gasteiger partial charge in [0.15, 0.2) is 0 Å². The van der Waals surface area contributed by atoms with Crippen LogP contribution in [0.5, 0.6) is 5.75 Å². The van der Waals surface area contributed by atoms with Gasteiger partial charge < -0.3 is 9.47 Å². The summed E-state index contributed by atoms with van der Waals surface area (Å²) in [6.07, 6.45) is 1.41. The van der Waals surface area contributed by atoms with E-state index >= 15 is 0 Å². The summed E-state index contributed by atoms with van der Waals surface area (Å²) in [6, 6.07) is 9.31. The minimum Gasteiger partial charge on any atom is -0.497 e. The highest BCUT2D eigenvalue weighted by atomic mass is 32.1. The van der Waals surface area contributed by atoms with Crippen molar-refractivity contribution in [3.05, 3.63) is 40.9 Å². The van der Waals surface area contributed by atoms with Crippen molar-refractivity contribution >= 4 is 23.4 Å². The number of carbonyl (C=O) groups is 1. The van der Waals surface area contributed by atoms with Gasteiger partial charge >= 0.3 is 5.97 Å². The lowest BCUT2D eigenvalue weighted by atomic mass is 10.2. The van der Waals surface area contributed by atoms with Crippen molar-refractivity contribution in [1.82, 2.24) is 4.98 Å². The molecule has 5 nitrogen and oxygen atoms in total. The number of methoxy groups -OCH3 is 2. The molecule has 0 bridgehead atoms. The van der Waals surface area contributed by atoms with E-state index in [-0.39, 0.29) is 5.57 Å². The number of ether oxygens (including phenoxy) is 2. The Hall–Kier alpha value is -2.65. The first kappa shape index (κ1) is 14.8. The monoisotopic (exact) mass is 300 g/mol. The van der Waals surface area contributed by atoms with Crippen LogP contribution in [0.1, 0.15) is 5.69 Å². The van der Waals surface area contributed by atoms with Crippen molar-refractivity contribution in [3.63, 3.8) is 0 Å². The van der Waals surface area contributed by atoms with Crippen molar-refractivity contribution in [2.24, 2.45) is 0 Å². The molecule has 1 aromatic carbocycles. The standard InChI is InChI=1S/C15H12N2O3S/c1-19-13-5-3-4-10(7-13)14-17-12(9-21-14)6-11(8-16)15(18)20-2/h3-7,9H,1-2H3/b11-6-. The Morgan fingerprint density at radius 3 is 2.90 bits per heavy atom. The summed E-state index contributed by atoms with van der Waals surface area (Å²) >= 11 is 1.42. The normalized spacial score (nSPS) is 10.8. The Balaban J connectivity index is 2.31. The number of hydrogen-bond donors (Lipinski definition) is 0. The molecule has 6 heteroatoms. The van der Waals surface area contributed by atoms with Crippen LogP contribution < -0.4 is 4.74 Å². The first-order valence-corrected chi connectivity index (χ1v) is 6.86. The highest BCUT2D eigenvalue weighted by molar-refractivity contribution is 7.13. The first-order valence-electron chi connectivity index (χ1n) is 5.98. The molecule has 1 aromatic heterocycles. The van der Waals surface area contributed by atoms with Gasteiger partial charge in [-0.15, -0.1) is 11.3 Å². The largest absolute Gasteiger partial charge is 0.497 e. The predicted octanol–water partition coefficient (Wildman–Crippen LogP) is 2.90. The highest BCUT2D eigenvalue weighted by Gasteiger charge is 2.10. The van der Waals surface area contributed by atoms with Gasteiger partial charge in [-0.25, -0.2) is 9.78 Å². The third-order valence-corrected chi connectivity index (χ3v) is 3.57. The van der Waals surface area contributed by atoms with Crippen molar-refractivity contribution in [2.45, 2.75) is 0 Å². The zero-order valence-corrected chi connectivity index (χ0v) is 12.3. The number of nitriles is 1. The summed E-state index contributed by atoms with van der Waals surface area (Å²) in [5, 5.41) is 11.5. The number of hydrogen-bond acceptors (Lipinski definition) is 6. The minimum atomic E-state index is -0.673. The molecular weight excluding hydrogens is 288 g/mol. The van der Waals surface area contributed by atoms with Crippen molar-refractivity contribution in [3.8, 4) is 22.4 Å². The van der Waals surface area contributed by atoms with Crippen LogP contribution in [0.15, 0.2) is 35.2 Å². The van der Waals surface area contributed by atoms with Gasteiger partial charge in [-0.2, -0.15) is 5.26 Å². The average molecular weight is 300 g/mol. The summed E-state index contributed by atoms with van der Waals surface area (Å²) in [4.78, 5) is 15.7. The molecule has 106 valence electrons. The van der Waals surface area contributed by atoms with Crippen LogP contribution in [0.3, 0.4) is 0 Å². The second kappa shape index (κ2) is 6.68. The SMILES string of the molecule is COC(=O)/C(C#N)=C\c1csc(-c2cccc(OC)c2)n1. The van der Waals surface area contributed by atoms with E-state index in [9.17, 15) is 4.79 Å². The summed E-state index contributed by atoms with van der Waals surface area (Å²) in [7, 11) is 2.83. The molecule has 0 aliphatic carbocycles. The number of benzene rings is 1. The zero-order chi connectivity index (χ0) is 15.2. The summed E-state index contributed by atoms with van der Waals surface area (Å²) in [5.41, 5.74) is 1.37. The highest BCUT2D eigenvalue weighted by Crippen LogP contribution is 2.27. The molecule has 0 fully saturated rings. The second-order valence-electron chi connectivity index (χ2n) is 3.97. The fourth-order valence-electron chi connectivity index (χ4n) is 1.64. The average Bonchev–Trinajstić information content (AvgIpc) is 3.00. The molecule has 0 aliphatic rings. The molecular formula is C15H12N2O3S. The van der Waals surface area contributed by atoms with E-state index < -0.39 is 5.97 Å². The Morgan fingerprint density at radius 1 is 1.43 bits per heavy atom. The van der Waals surface area contributed by atoms with Crippen LogP contribution in [-0.4, -0.2) is 25.2 Å². The lowest BCUT2D eigenvalue weighted by molar-refractivity contribution is -0.135. The van der Waals surface area contributed by atoms with Crippen LogP contribution in [0.2, 0.25) is 0 Å². The van der Waals surface area contributed by atoms with E-state index in [0.29, 0.717) is 5.69 Å². The zero-order valence-electron chi connectivity index (χ0n) is 11.5. The smallest absolute Gasteiger partial charge is 0.348 e. The molecule has 0 radical (unpaired) electrons. The molecule has 0 spiro atoms. The topological polar surface area (TPSA) is 72.2 Å². The number of nitrogens with zero attached hydrogens (tertiary/aromatic N) is 2. The number of carbonyl (C=O) groups excluding carboxylic acids is 1. The Morgan fingerprint density at radius 2 is 2.24 bits per heavy atom.